The van der Waals surface area contributed by atoms with Gasteiger partial charge in [-0.15, -0.1) is 0 Å². The summed E-state index contributed by atoms with van der Waals surface area (Å²) >= 11 is 0. The highest BCUT2D eigenvalue weighted by atomic mass is 16.2. The second-order valence-corrected chi connectivity index (χ2v) is 5.54. The van der Waals surface area contributed by atoms with Gasteiger partial charge in [-0.1, -0.05) is 27.7 Å². The highest BCUT2D eigenvalue weighted by Gasteiger charge is 2.27. The minimum atomic E-state index is -0.250. The van der Waals surface area contributed by atoms with E-state index in [4.69, 9.17) is 0 Å². The normalized spacial score (nSPS) is 12.3. The van der Waals surface area contributed by atoms with Crippen molar-refractivity contribution in [2.75, 3.05) is 27.2 Å². The van der Waals surface area contributed by atoms with Crippen molar-refractivity contribution in [2.24, 2.45) is 11.3 Å². The first-order valence-electron chi connectivity index (χ1n) is 5.68. The van der Waals surface area contributed by atoms with Crippen molar-refractivity contribution in [3.05, 3.63) is 0 Å². The van der Waals surface area contributed by atoms with Gasteiger partial charge in [-0.3, -0.25) is 4.79 Å². The molecule has 15 heavy (non-hydrogen) atoms. The fourth-order valence-electron chi connectivity index (χ4n) is 1.75. The van der Waals surface area contributed by atoms with Crippen LogP contribution >= 0.6 is 0 Å². The Morgan fingerprint density at radius 2 is 1.87 bits per heavy atom. The first-order valence-corrected chi connectivity index (χ1v) is 5.68. The van der Waals surface area contributed by atoms with Crippen LogP contribution in [-0.4, -0.2) is 38.0 Å². The van der Waals surface area contributed by atoms with E-state index in [1.54, 1.807) is 0 Å². The molecule has 0 aromatic heterocycles. The average molecular weight is 214 g/mol. The number of carbonyl (C=O) groups excluding carboxylic acids is 1. The molecule has 0 aliphatic heterocycles. The lowest BCUT2D eigenvalue weighted by Crippen LogP contribution is -2.40. The Morgan fingerprint density at radius 1 is 1.33 bits per heavy atom. The van der Waals surface area contributed by atoms with E-state index in [1.165, 1.54) is 0 Å². The molecule has 0 aliphatic rings. The minimum absolute atomic E-state index is 0.165. The molecule has 0 saturated carbocycles. The summed E-state index contributed by atoms with van der Waals surface area (Å²) in [6.07, 6.45) is 0.931. The van der Waals surface area contributed by atoms with Gasteiger partial charge in [-0.2, -0.15) is 0 Å². The van der Waals surface area contributed by atoms with Gasteiger partial charge in [-0.05, 0) is 26.4 Å². The molecular formula is C12H26N2O. The number of hydrogen-bond donors (Lipinski definition) is 1. The minimum Gasteiger partial charge on any atom is -0.354 e. The third-order valence-corrected chi connectivity index (χ3v) is 2.38. The molecule has 0 atom stereocenters. The largest absolute Gasteiger partial charge is 0.354 e. The van der Waals surface area contributed by atoms with E-state index < -0.39 is 0 Å². The summed E-state index contributed by atoms with van der Waals surface area (Å²) in [6.45, 7) is 9.94. The molecule has 0 aromatic rings. The Labute approximate surface area is 94.2 Å². The quantitative estimate of drug-likeness (QED) is 0.730. The first-order chi connectivity index (χ1) is 6.75. The second kappa shape index (κ2) is 6.11. The Kier molecular flexibility index (Phi) is 5.88. The molecule has 3 heteroatoms. The molecule has 0 bridgehead atoms. The summed E-state index contributed by atoms with van der Waals surface area (Å²) in [5.74, 6) is 0.720. The molecular weight excluding hydrogens is 188 g/mol. The highest BCUT2D eigenvalue weighted by molar-refractivity contribution is 5.81. The summed E-state index contributed by atoms with van der Waals surface area (Å²) < 4.78 is 0. The monoisotopic (exact) mass is 214 g/mol. The predicted molar refractivity (Wildman–Crippen MR) is 64.8 cm³/mol. The third kappa shape index (κ3) is 6.50. The smallest absolute Gasteiger partial charge is 0.225 e. The van der Waals surface area contributed by atoms with Gasteiger partial charge in [0.2, 0.25) is 5.91 Å². The SMILES string of the molecule is CC(C)CC(C)(C)C(=O)NCCN(C)C. The standard InChI is InChI=1S/C12H26N2O/c1-10(2)9-12(3,4)11(15)13-7-8-14(5)6/h10H,7-9H2,1-6H3,(H,13,15). The highest BCUT2D eigenvalue weighted by Crippen LogP contribution is 2.25. The zero-order chi connectivity index (χ0) is 12.1. The lowest BCUT2D eigenvalue weighted by atomic mass is 9.83. The zero-order valence-corrected chi connectivity index (χ0v) is 11.1. The molecule has 1 N–H and O–H groups in total. The lowest BCUT2D eigenvalue weighted by Gasteiger charge is -2.25. The van der Waals surface area contributed by atoms with Gasteiger partial charge in [-0.25, -0.2) is 0 Å². The molecule has 0 saturated heterocycles. The van der Waals surface area contributed by atoms with Crippen molar-refractivity contribution in [1.82, 2.24) is 10.2 Å². The van der Waals surface area contributed by atoms with Crippen LogP contribution in [0.4, 0.5) is 0 Å². The molecule has 1 amide bonds. The van der Waals surface area contributed by atoms with E-state index in [1.807, 2.05) is 27.9 Å². The molecule has 0 unspecified atom stereocenters. The number of hydrogen-bond acceptors (Lipinski definition) is 2. The summed E-state index contributed by atoms with van der Waals surface area (Å²) in [5.41, 5.74) is -0.250. The van der Waals surface area contributed by atoms with E-state index in [9.17, 15) is 4.79 Å². The van der Waals surface area contributed by atoms with Crippen LogP contribution in [0.2, 0.25) is 0 Å². The maximum atomic E-state index is 11.9. The molecule has 3 nitrogen and oxygen atoms in total. The van der Waals surface area contributed by atoms with Crippen LogP contribution in [0.1, 0.15) is 34.1 Å². The van der Waals surface area contributed by atoms with E-state index >= 15 is 0 Å². The summed E-state index contributed by atoms with van der Waals surface area (Å²) in [7, 11) is 4.01. The Hall–Kier alpha value is -0.570. The summed E-state index contributed by atoms with van der Waals surface area (Å²) in [6, 6.07) is 0. The fraction of sp³-hybridized carbons (Fsp3) is 0.917. The van der Waals surface area contributed by atoms with Crippen molar-refractivity contribution in [3.63, 3.8) is 0 Å². The predicted octanol–water partition coefficient (Wildman–Crippen LogP) is 1.74. The molecule has 0 fully saturated rings. The van der Waals surface area contributed by atoms with Crippen LogP contribution in [0.25, 0.3) is 0 Å². The van der Waals surface area contributed by atoms with Gasteiger partial charge in [0.1, 0.15) is 0 Å². The zero-order valence-electron chi connectivity index (χ0n) is 11.1. The maximum Gasteiger partial charge on any atom is 0.225 e. The Balaban J connectivity index is 3.97. The number of nitrogens with zero attached hydrogens (tertiary/aromatic N) is 1. The van der Waals surface area contributed by atoms with Gasteiger partial charge >= 0.3 is 0 Å². The van der Waals surface area contributed by atoms with Crippen LogP contribution in [0.15, 0.2) is 0 Å². The van der Waals surface area contributed by atoms with E-state index in [0.29, 0.717) is 5.92 Å². The number of likely N-dealkylation sites (N-methyl/N-ethyl adjacent to an activating group) is 1. The van der Waals surface area contributed by atoms with Crippen molar-refractivity contribution < 1.29 is 4.79 Å². The Morgan fingerprint density at radius 3 is 2.27 bits per heavy atom. The van der Waals surface area contributed by atoms with E-state index in [-0.39, 0.29) is 11.3 Å². The van der Waals surface area contributed by atoms with Crippen molar-refractivity contribution in [2.45, 2.75) is 34.1 Å². The number of rotatable bonds is 6. The van der Waals surface area contributed by atoms with E-state index in [0.717, 1.165) is 19.5 Å². The lowest BCUT2D eigenvalue weighted by molar-refractivity contribution is -0.130. The third-order valence-electron chi connectivity index (χ3n) is 2.38. The molecule has 0 aromatic carbocycles. The second-order valence-electron chi connectivity index (χ2n) is 5.54. The maximum absolute atomic E-state index is 11.9. The molecule has 0 rings (SSSR count). The Bertz CT molecular complexity index is 198. The number of nitrogens with one attached hydrogen (secondary N) is 1. The van der Waals surface area contributed by atoms with Crippen molar-refractivity contribution >= 4 is 5.91 Å². The van der Waals surface area contributed by atoms with Gasteiger partial charge in [0.15, 0.2) is 0 Å². The molecule has 0 heterocycles. The van der Waals surface area contributed by atoms with Crippen LogP contribution < -0.4 is 5.32 Å². The molecule has 0 spiro atoms. The summed E-state index contributed by atoms with van der Waals surface area (Å²) in [4.78, 5) is 13.9. The molecule has 90 valence electrons. The van der Waals surface area contributed by atoms with Gasteiger partial charge in [0.05, 0.1) is 0 Å². The van der Waals surface area contributed by atoms with Gasteiger partial charge < -0.3 is 10.2 Å². The molecule has 0 radical (unpaired) electrons. The number of amides is 1. The van der Waals surface area contributed by atoms with E-state index in [2.05, 4.69) is 24.1 Å². The van der Waals surface area contributed by atoms with Crippen LogP contribution in [0, 0.1) is 11.3 Å². The van der Waals surface area contributed by atoms with Crippen molar-refractivity contribution in [1.29, 1.82) is 0 Å². The fourth-order valence-corrected chi connectivity index (χ4v) is 1.75. The number of carbonyl (C=O) groups is 1. The van der Waals surface area contributed by atoms with Crippen LogP contribution in [0.3, 0.4) is 0 Å². The van der Waals surface area contributed by atoms with Crippen molar-refractivity contribution in [3.8, 4) is 0 Å². The van der Waals surface area contributed by atoms with Crippen LogP contribution in [-0.2, 0) is 4.79 Å². The molecule has 0 aliphatic carbocycles. The first kappa shape index (κ1) is 14.4. The van der Waals surface area contributed by atoms with Gasteiger partial charge in [0.25, 0.3) is 0 Å². The van der Waals surface area contributed by atoms with Crippen LogP contribution in [0.5, 0.6) is 0 Å². The van der Waals surface area contributed by atoms with Gasteiger partial charge in [0, 0.05) is 18.5 Å². The topological polar surface area (TPSA) is 32.3 Å². The summed E-state index contributed by atoms with van der Waals surface area (Å²) in [5, 5.41) is 2.98. The average Bonchev–Trinajstić information content (AvgIpc) is 2.00.